The van der Waals surface area contributed by atoms with Crippen molar-refractivity contribution in [1.82, 2.24) is 0 Å². The van der Waals surface area contributed by atoms with Gasteiger partial charge in [0.05, 0.1) is 31.8 Å². The number of carbonyl (C=O) groups is 3. The average Bonchev–Trinajstić information content (AvgIpc) is 2.61. The van der Waals surface area contributed by atoms with E-state index in [-0.39, 0.29) is 31.1 Å². The molecular weight excluding hydrogens is 368 g/mol. The van der Waals surface area contributed by atoms with Crippen LogP contribution in [0.15, 0.2) is 18.2 Å². The number of phenols is 1. The van der Waals surface area contributed by atoms with Crippen molar-refractivity contribution >= 4 is 17.7 Å². The zero-order valence-electron chi connectivity index (χ0n) is 16.4. The first-order chi connectivity index (χ1) is 13.2. The van der Waals surface area contributed by atoms with Gasteiger partial charge in [-0.1, -0.05) is 6.07 Å². The van der Waals surface area contributed by atoms with Gasteiger partial charge in [-0.2, -0.15) is 0 Å². The smallest absolute Gasteiger partial charge is 0.317 e. The molecule has 0 heterocycles. The van der Waals surface area contributed by atoms with E-state index >= 15 is 0 Å². The molecular formula is C20H26O8. The van der Waals surface area contributed by atoms with E-state index in [0.29, 0.717) is 5.56 Å². The number of hydrogen-bond donors (Lipinski definition) is 2. The molecule has 0 unspecified atom stereocenters. The molecule has 28 heavy (non-hydrogen) atoms. The number of carbonyl (C=O) groups excluding carboxylic acids is 3. The third-order valence-electron chi connectivity index (χ3n) is 4.94. The fraction of sp³-hybridized carbons (Fsp3) is 0.550. The van der Waals surface area contributed by atoms with Crippen molar-refractivity contribution in [3.05, 3.63) is 23.8 Å². The highest BCUT2D eigenvalue weighted by atomic mass is 16.5. The zero-order valence-corrected chi connectivity index (χ0v) is 16.4. The van der Waals surface area contributed by atoms with E-state index in [9.17, 15) is 24.6 Å². The lowest BCUT2D eigenvalue weighted by atomic mass is 9.61. The van der Waals surface area contributed by atoms with Gasteiger partial charge in [0.1, 0.15) is 5.92 Å². The zero-order chi connectivity index (χ0) is 21.1. The largest absolute Gasteiger partial charge is 0.504 e. The number of hydrogen-bond acceptors (Lipinski definition) is 8. The Bertz CT molecular complexity index is 755. The molecule has 0 amide bonds. The first-order valence-corrected chi connectivity index (χ1v) is 9.13. The van der Waals surface area contributed by atoms with Crippen LogP contribution in [-0.2, 0) is 23.9 Å². The number of benzene rings is 1. The molecule has 1 aromatic rings. The Labute approximate surface area is 163 Å². The number of ether oxygens (including phenoxy) is 3. The van der Waals surface area contributed by atoms with Crippen LogP contribution in [0.5, 0.6) is 11.5 Å². The van der Waals surface area contributed by atoms with Crippen molar-refractivity contribution in [2.45, 2.75) is 38.7 Å². The van der Waals surface area contributed by atoms with Crippen molar-refractivity contribution in [3.63, 3.8) is 0 Å². The molecule has 2 rings (SSSR count). The molecule has 1 aromatic carbocycles. The molecule has 1 saturated carbocycles. The molecule has 0 spiro atoms. The topological polar surface area (TPSA) is 119 Å². The fourth-order valence-electron chi connectivity index (χ4n) is 3.78. The summed E-state index contributed by atoms with van der Waals surface area (Å²) in [4.78, 5) is 38.1. The standard InChI is InChI=1S/C20H26O8/c1-5-27-18(23)16-13(22)10-20(3,25)17(19(24)28-6-2)15(16)11-7-8-12(21)14(9-11)26-4/h7-9,15-17,21,25H,5-6,10H2,1-4H3/t15-,16+,17-,20-/m0/s1. The van der Waals surface area contributed by atoms with Crippen molar-refractivity contribution in [1.29, 1.82) is 0 Å². The van der Waals surface area contributed by atoms with Gasteiger partial charge in [0.15, 0.2) is 17.3 Å². The molecule has 4 atom stereocenters. The number of phenolic OH excluding ortho intramolecular Hbond substituents is 1. The fourth-order valence-corrected chi connectivity index (χ4v) is 3.78. The Kier molecular flexibility index (Phi) is 6.66. The van der Waals surface area contributed by atoms with Crippen LogP contribution in [0.4, 0.5) is 0 Å². The van der Waals surface area contributed by atoms with Gasteiger partial charge in [-0.3, -0.25) is 14.4 Å². The number of Topliss-reactive ketones (excluding diaryl/α,β-unsaturated/α-hetero) is 1. The highest BCUT2D eigenvalue weighted by Crippen LogP contribution is 2.47. The van der Waals surface area contributed by atoms with Gasteiger partial charge in [0, 0.05) is 12.3 Å². The van der Waals surface area contributed by atoms with Crippen LogP contribution in [0.1, 0.15) is 38.7 Å². The first kappa shape index (κ1) is 21.7. The second-order valence-corrected chi connectivity index (χ2v) is 6.92. The summed E-state index contributed by atoms with van der Waals surface area (Å²) in [6.45, 7) is 4.76. The minimum Gasteiger partial charge on any atom is -0.504 e. The second kappa shape index (κ2) is 8.60. The van der Waals surface area contributed by atoms with Crippen molar-refractivity contribution in [3.8, 4) is 11.5 Å². The SMILES string of the molecule is CCOC(=O)[C@@H]1C(=O)C[C@](C)(O)[C@H](C(=O)OCC)[C@H]1c1ccc(O)c(OC)c1. The third-order valence-corrected chi connectivity index (χ3v) is 4.94. The molecule has 0 saturated heterocycles. The van der Waals surface area contributed by atoms with Gasteiger partial charge in [-0.05, 0) is 38.5 Å². The van der Waals surface area contributed by atoms with Gasteiger partial charge in [-0.15, -0.1) is 0 Å². The van der Waals surface area contributed by atoms with E-state index < -0.39 is 41.1 Å². The quantitative estimate of drug-likeness (QED) is 0.551. The van der Waals surface area contributed by atoms with Crippen LogP contribution in [0.25, 0.3) is 0 Å². The maximum Gasteiger partial charge on any atom is 0.317 e. The van der Waals surface area contributed by atoms with Crippen molar-refractivity contribution in [2.75, 3.05) is 20.3 Å². The minimum absolute atomic E-state index is 0.0642. The molecule has 0 aromatic heterocycles. The van der Waals surface area contributed by atoms with E-state index in [4.69, 9.17) is 14.2 Å². The maximum atomic E-state index is 12.8. The van der Waals surface area contributed by atoms with E-state index in [0.717, 1.165) is 0 Å². The Morgan fingerprint density at radius 1 is 1.18 bits per heavy atom. The molecule has 1 fully saturated rings. The third kappa shape index (κ3) is 4.11. The lowest BCUT2D eigenvalue weighted by Gasteiger charge is -2.43. The summed E-state index contributed by atoms with van der Waals surface area (Å²) in [6.07, 6.45) is -0.383. The van der Waals surface area contributed by atoms with Crippen LogP contribution < -0.4 is 4.74 Å². The summed E-state index contributed by atoms with van der Waals surface area (Å²) in [7, 11) is 1.35. The normalized spacial score (nSPS) is 27.2. The van der Waals surface area contributed by atoms with Crippen LogP contribution in [0, 0.1) is 11.8 Å². The number of ketones is 1. The lowest BCUT2D eigenvalue weighted by molar-refractivity contribution is -0.172. The lowest BCUT2D eigenvalue weighted by Crippen LogP contribution is -2.55. The monoisotopic (exact) mass is 394 g/mol. The minimum atomic E-state index is -1.72. The summed E-state index contributed by atoms with van der Waals surface area (Å²) in [5.74, 6) is -5.55. The van der Waals surface area contributed by atoms with Crippen LogP contribution in [0.3, 0.4) is 0 Å². The average molecular weight is 394 g/mol. The summed E-state index contributed by atoms with van der Waals surface area (Å²) in [6, 6.07) is 4.26. The molecule has 8 heteroatoms. The van der Waals surface area contributed by atoms with Crippen LogP contribution in [0.2, 0.25) is 0 Å². The van der Waals surface area contributed by atoms with Gasteiger partial charge >= 0.3 is 11.9 Å². The predicted octanol–water partition coefficient (Wildman–Crippen LogP) is 1.57. The summed E-state index contributed by atoms with van der Waals surface area (Å²) < 4.78 is 15.3. The molecule has 2 N–H and O–H groups in total. The number of esters is 2. The predicted molar refractivity (Wildman–Crippen MR) is 97.9 cm³/mol. The molecule has 0 aliphatic heterocycles. The van der Waals surface area contributed by atoms with E-state index in [1.54, 1.807) is 13.8 Å². The summed E-state index contributed by atoms with van der Waals surface area (Å²) in [5.41, 5.74) is -1.35. The number of aromatic hydroxyl groups is 1. The van der Waals surface area contributed by atoms with Gasteiger partial charge in [-0.25, -0.2) is 0 Å². The van der Waals surface area contributed by atoms with E-state index in [2.05, 4.69) is 0 Å². The first-order valence-electron chi connectivity index (χ1n) is 9.13. The molecule has 0 bridgehead atoms. The Morgan fingerprint density at radius 3 is 2.36 bits per heavy atom. The van der Waals surface area contributed by atoms with Gasteiger partial charge in [0.2, 0.25) is 0 Å². The summed E-state index contributed by atoms with van der Waals surface area (Å²) in [5, 5.41) is 20.8. The highest BCUT2D eigenvalue weighted by molar-refractivity contribution is 6.02. The Balaban J connectivity index is 2.66. The molecule has 8 nitrogen and oxygen atoms in total. The van der Waals surface area contributed by atoms with Gasteiger partial charge < -0.3 is 24.4 Å². The van der Waals surface area contributed by atoms with E-state index in [1.807, 2.05) is 0 Å². The van der Waals surface area contributed by atoms with E-state index in [1.165, 1.54) is 32.2 Å². The summed E-state index contributed by atoms with van der Waals surface area (Å²) >= 11 is 0. The number of aliphatic hydroxyl groups is 1. The molecule has 0 radical (unpaired) electrons. The van der Waals surface area contributed by atoms with Crippen LogP contribution >= 0.6 is 0 Å². The molecule has 154 valence electrons. The van der Waals surface area contributed by atoms with Crippen molar-refractivity contribution in [2.24, 2.45) is 11.8 Å². The molecule has 1 aliphatic carbocycles. The molecule has 1 aliphatic rings. The Morgan fingerprint density at radius 2 is 1.79 bits per heavy atom. The van der Waals surface area contributed by atoms with Crippen LogP contribution in [-0.4, -0.2) is 53.9 Å². The Hall–Kier alpha value is -2.61. The van der Waals surface area contributed by atoms with Crippen molar-refractivity contribution < 1.29 is 38.8 Å². The second-order valence-electron chi connectivity index (χ2n) is 6.92. The van der Waals surface area contributed by atoms with Gasteiger partial charge in [0.25, 0.3) is 0 Å². The maximum absolute atomic E-state index is 12.8. The number of rotatable bonds is 6. The highest BCUT2D eigenvalue weighted by Gasteiger charge is 2.57. The number of methoxy groups -OCH3 is 1.